The van der Waals surface area contributed by atoms with Gasteiger partial charge in [0, 0.05) is 0 Å². The molecule has 0 aliphatic carbocycles. The minimum absolute atomic E-state index is 0.0231. The van der Waals surface area contributed by atoms with E-state index >= 15 is 0 Å². The molecule has 0 radical (unpaired) electrons. The summed E-state index contributed by atoms with van der Waals surface area (Å²) in [5.74, 6) is -0.536. The van der Waals surface area contributed by atoms with Crippen LogP contribution in [0.15, 0.2) is 0 Å². The van der Waals surface area contributed by atoms with Gasteiger partial charge in [0.05, 0.1) is 20.3 Å². The van der Waals surface area contributed by atoms with Crippen molar-refractivity contribution in [3.05, 3.63) is 0 Å². The standard InChI is InChI=1S/C15H31NO5Si/c1-8-9-10-20-14(18)16-12(13(17)19-5)11-21-22(6,7)15(2,3)4/h12H,8-11H2,1-7H3,(H,16,18). The lowest BCUT2D eigenvalue weighted by Crippen LogP contribution is -2.49. The first-order valence-corrected chi connectivity index (χ1v) is 10.6. The van der Waals surface area contributed by atoms with Gasteiger partial charge in [-0.15, -0.1) is 0 Å². The van der Waals surface area contributed by atoms with Crippen molar-refractivity contribution in [3.8, 4) is 0 Å². The van der Waals surface area contributed by atoms with Crippen molar-refractivity contribution in [2.24, 2.45) is 0 Å². The van der Waals surface area contributed by atoms with Crippen molar-refractivity contribution in [1.82, 2.24) is 5.32 Å². The second kappa shape index (κ2) is 9.15. The second-order valence-corrected chi connectivity index (χ2v) is 11.6. The molecule has 7 heteroatoms. The van der Waals surface area contributed by atoms with Crippen molar-refractivity contribution in [2.45, 2.75) is 64.7 Å². The third kappa shape index (κ3) is 7.26. The molecular formula is C15H31NO5Si. The normalized spacial score (nSPS) is 13.4. The second-order valence-electron chi connectivity index (χ2n) is 6.78. The Morgan fingerprint density at radius 3 is 2.27 bits per heavy atom. The Morgan fingerprint density at radius 2 is 1.82 bits per heavy atom. The molecule has 0 aliphatic rings. The molecule has 1 N–H and O–H groups in total. The van der Waals surface area contributed by atoms with Crippen LogP contribution in [0.5, 0.6) is 0 Å². The number of methoxy groups -OCH3 is 1. The zero-order valence-electron chi connectivity index (χ0n) is 14.9. The Kier molecular flexibility index (Phi) is 8.69. The molecule has 0 spiro atoms. The van der Waals surface area contributed by atoms with Gasteiger partial charge in [-0.25, -0.2) is 9.59 Å². The molecule has 130 valence electrons. The Bertz CT molecular complexity index is 365. The van der Waals surface area contributed by atoms with E-state index in [1.807, 2.05) is 6.92 Å². The minimum atomic E-state index is -2.01. The van der Waals surface area contributed by atoms with Gasteiger partial charge in [-0.1, -0.05) is 34.1 Å². The number of carbonyl (C=O) groups excluding carboxylic acids is 2. The van der Waals surface area contributed by atoms with Crippen molar-refractivity contribution in [2.75, 3.05) is 20.3 Å². The third-order valence-corrected chi connectivity index (χ3v) is 8.43. The fourth-order valence-corrected chi connectivity index (χ4v) is 2.33. The zero-order chi connectivity index (χ0) is 17.4. The highest BCUT2D eigenvalue weighted by molar-refractivity contribution is 6.74. The van der Waals surface area contributed by atoms with Crippen LogP contribution in [0.2, 0.25) is 18.1 Å². The van der Waals surface area contributed by atoms with E-state index < -0.39 is 26.4 Å². The molecule has 0 aliphatic heterocycles. The lowest BCUT2D eigenvalue weighted by atomic mass is 10.2. The first kappa shape index (κ1) is 20.9. The summed E-state index contributed by atoms with van der Waals surface area (Å²) in [5.41, 5.74) is 0. The SMILES string of the molecule is CCCCOC(=O)NC(CO[Si](C)(C)C(C)(C)C)C(=O)OC. The lowest BCUT2D eigenvalue weighted by Gasteiger charge is -2.37. The first-order valence-electron chi connectivity index (χ1n) is 7.70. The molecule has 1 atom stereocenters. The number of ether oxygens (including phenoxy) is 2. The fraction of sp³-hybridized carbons (Fsp3) is 0.867. The average molecular weight is 334 g/mol. The van der Waals surface area contributed by atoms with E-state index in [2.05, 4.69) is 39.2 Å². The highest BCUT2D eigenvalue weighted by Gasteiger charge is 2.38. The maximum Gasteiger partial charge on any atom is 0.407 e. The van der Waals surface area contributed by atoms with Crippen LogP contribution in [-0.2, 0) is 18.7 Å². The number of unbranched alkanes of at least 4 members (excludes halogenated alkanes) is 1. The molecule has 0 fully saturated rings. The van der Waals surface area contributed by atoms with Gasteiger partial charge in [-0.05, 0) is 24.6 Å². The summed E-state index contributed by atoms with van der Waals surface area (Å²) in [4.78, 5) is 23.5. The number of hydrogen-bond acceptors (Lipinski definition) is 5. The van der Waals surface area contributed by atoms with E-state index in [4.69, 9.17) is 13.9 Å². The van der Waals surface area contributed by atoms with Crippen LogP contribution in [0.1, 0.15) is 40.5 Å². The molecular weight excluding hydrogens is 302 g/mol. The van der Waals surface area contributed by atoms with Gasteiger partial charge in [-0.3, -0.25) is 0 Å². The number of hydrogen-bond donors (Lipinski definition) is 1. The van der Waals surface area contributed by atoms with Crippen molar-refractivity contribution >= 4 is 20.4 Å². The van der Waals surface area contributed by atoms with Gasteiger partial charge in [-0.2, -0.15) is 0 Å². The van der Waals surface area contributed by atoms with Crippen molar-refractivity contribution < 1.29 is 23.5 Å². The smallest absolute Gasteiger partial charge is 0.407 e. The topological polar surface area (TPSA) is 73.9 Å². The van der Waals surface area contributed by atoms with Gasteiger partial charge < -0.3 is 19.2 Å². The van der Waals surface area contributed by atoms with Gasteiger partial charge in [0.1, 0.15) is 0 Å². The molecule has 0 saturated carbocycles. The van der Waals surface area contributed by atoms with Gasteiger partial charge in [0.15, 0.2) is 14.4 Å². The molecule has 1 unspecified atom stereocenters. The highest BCUT2D eigenvalue weighted by atomic mass is 28.4. The summed E-state index contributed by atoms with van der Waals surface area (Å²) < 4.78 is 15.7. The molecule has 0 saturated heterocycles. The van der Waals surface area contributed by atoms with E-state index in [0.29, 0.717) is 6.61 Å². The number of rotatable bonds is 8. The molecule has 0 aromatic heterocycles. The molecule has 0 rings (SSSR count). The van der Waals surface area contributed by atoms with E-state index in [-0.39, 0.29) is 11.6 Å². The molecule has 1 amide bonds. The number of esters is 1. The third-order valence-electron chi connectivity index (χ3n) is 3.93. The van der Waals surface area contributed by atoms with Crippen LogP contribution in [0, 0.1) is 0 Å². The van der Waals surface area contributed by atoms with Crippen LogP contribution < -0.4 is 5.32 Å². The van der Waals surface area contributed by atoms with Crippen LogP contribution in [-0.4, -0.2) is 46.7 Å². The first-order chi connectivity index (χ1) is 10.0. The predicted octanol–water partition coefficient (Wildman–Crippen LogP) is 3.08. The summed E-state index contributed by atoms with van der Waals surface area (Å²) in [6.07, 6.45) is 1.10. The van der Waals surface area contributed by atoms with E-state index in [1.165, 1.54) is 7.11 Å². The van der Waals surface area contributed by atoms with Gasteiger partial charge >= 0.3 is 12.1 Å². The molecule has 22 heavy (non-hydrogen) atoms. The molecule has 6 nitrogen and oxygen atoms in total. The summed E-state index contributed by atoms with van der Waals surface area (Å²) in [6, 6.07) is -0.853. The summed E-state index contributed by atoms with van der Waals surface area (Å²) in [5, 5.41) is 2.54. The van der Waals surface area contributed by atoms with Crippen molar-refractivity contribution in [3.63, 3.8) is 0 Å². The molecule has 0 aromatic carbocycles. The minimum Gasteiger partial charge on any atom is -0.467 e. The maximum absolute atomic E-state index is 11.8. The molecule has 0 heterocycles. The molecule has 0 bridgehead atoms. The van der Waals surface area contributed by atoms with Gasteiger partial charge in [0.2, 0.25) is 0 Å². The monoisotopic (exact) mass is 333 g/mol. The van der Waals surface area contributed by atoms with Crippen LogP contribution in [0.25, 0.3) is 0 Å². The number of alkyl carbamates (subject to hydrolysis) is 1. The van der Waals surface area contributed by atoms with E-state index in [1.54, 1.807) is 0 Å². The summed E-state index contributed by atoms with van der Waals surface area (Å²) in [7, 11) is -0.725. The zero-order valence-corrected chi connectivity index (χ0v) is 15.9. The Labute approximate surface area is 135 Å². The van der Waals surface area contributed by atoms with Crippen LogP contribution in [0.4, 0.5) is 4.79 Å². The predicted molar refractivity (Wildman–Crippen MR) is 88.3 cm³/mol. The summed E-state index contributed by atoms with van der Waals surface area (Å²) in [6.45, 7) is 12.9. The average Bonchev–Trinajstić information content (AvgIpc) is 2.41. The van der Waals surface area contributed by atoms with E-state index in [0.717, 1.165) is 12.8 Å². The van der Waals surface area contributed by atoms with Crippen LogP contribution in [0.3, 0.4) is 0 Å². The number of nitrogens with one attached hydrogen (secondary N) is 1. The quantitative estimate of drug-likeness (QED) is 0.420. The lowest BCUT2D eigenvalue weighted by molar-refractivity contribution is -0.143. The molecule has 0 aromatic rings. The number of amides is 1. The highest BCUT2D eigenvalue weighted by Crippen LogP contribution is 2.36. The van der Waals surface area contributed by atoms with Gasteiger partial charge in [0.25, 0.3) is 0 Å². The Balaban J connectivity index is 4.60. The van der Waals surface area contributed by atoms with Crippen molar-refractivity contribution in [1.29, 1.82) is 0 Å². The largest absolute Gasteiger partial charge is 0.467 e. The Hall–Kier alpha value is -1.08. The number of carbonyl (C=O) groups is 2. The van der Waals surface area contributed by atoms with E-state index in [9.17, 15) is 9.59 Å². The summed E-state index contributed by atoms with van der Waals surface area (Å²) >= 11 is 0. The fourth-order valence-electron chi connectivity index (χ4n) is 1.31. The van der Waals surface area contributed by atoms with Crippen LogP contribution >= 0.6 is 0 Å². The maximum atomic E-state index is 11.8. The Morgan fingerprint density at radius 1 is 1.23 bits per heavy atom.